The normalized spacial score (nSPS) is 10.9. The van der Waals surface area contributed by atoms with Crippen LogP contribution in [0, 0.1) is 0 Å². The number of hydrogen-bond donors (Lipinski definition) is 1. The van der Waals surface area contributed by atoms with E-state index in [-0.39, 0.29) is 5.91 Å². The van der Waals surface area contributed by atoms with E-state index in [9.17, 15) is 4.79 Å². The van der Waals surface area contributed by atoms with Crippen LogP contribution in [0.5, 0.6) is 0 Å². The lowest BCUT2D eigenvalue weighted by molar-refractivity contribution is 0.0942. The third kappa shape index (κ3) is 2.79. The maximum Gasteiger partial charge on any atom is 0.268 e. The molecule has 0 aliphatic rings. The summed E-state index contributed by atoms with van der Waals surface area (Å²) >= 11 is 4.80. The molecule has 21 heavy (non-hydrogen) atoms. The van der Waals surface area contributed by atoms with Gasteiger partial charge >= 0.3 is 0 Å². The molecule has 0 fully saturated rings. The Bertz CT molecular complexity index is 789. The van der Waals surface area contributed by atoms with Gasteiger partial charge in [-0.25, -0.2) is 4.98 Å². The highest BCUT2D eigenvalue weighted by Crippen LogP contribution is 2.27. The van der Waals surface area contributed by atoms with E-state index in [4.69, 9.17) is 4.42 Å². The van der Waals surface area contributed by atoms with E-state index >= 15 is 0 Å². The largest absolute Gasteiger partial charge is 0.448 e. The number of halogens is 1. The quantitative estimate of drug-likeness (QED) is 0.703. The summed E-state index contributed by atoms with van der Waals surface area (Å²) in [5, 5.41) is 5.62. The number of thiazole rings is 1. The Balaban J connectivity index is 1.87. The molecule has 5 nitrogen and oxygen atoms in total. The number of nitrogens with zero attached hydrogens (tertiary/aromatic N) is 2. The molecule has 0 aromatic carbocycles. The van der Waals surface area contributed by atoms with E-state index in [1.807, 2.05) is 16.0 Å². The standard InChI is InChI=1S/C14H12BrN3O2S/c1-2-4-18-9-7-12(15)20-11(9)6-10(18)14(19)17-8-13-16-3-5-21-13/h2-3,5-7H,1,4,8H2,(H,17,19). The molecular formula is C14H12BrN3O2S. The molecule has 0 saturated carbocycles. The second kappa shape index (κ2) is 5.87. The molecule has 3 rings (SSSR count). The first-order chi connectivity index (χ1) is 10.2. The van der Waals surface area contributed by atoms with Gasteiger partial charge in [0.1, 0.15) is 10.7 Å². The van der Waals surface area contributed by atoms with Gasteiger partial charge in [0.05, 0.1) is 12.1 Å². The molecule has 0 unspecified atom stereocenters. The molecular weight excluding hydrogens is 354 g/mol. The van der Waals surface area contributed by atoms with E-state index in [0.717, 1.165) is 10.5 Å². The van der Waals surface area contributed by atoms with Crippen LogP contribution in [0.2, 0.25) is 0 Å². The number of rotatable bonds is 5. The summed E-state index contributed by atoms with van der Waals surface area (Å²) in [6.45, 7) is 4.69. The Morgan fingerprint density at radius 1 is 1.57 bits per heavy atom. The predicted molar refractivity (Wildman–Crippen MR) is 85.4 cm³/mol. The maximum absolute atomic E-state index is 12.3. The zero-order valence-electron chi connectivity index (χ0n) is 11.0. The number of aromatic nitrogens is 2. The Morgan fingerprint density at radius 3 is 3.14 bits per heavy atom. The lowest BCUT2D eigenvalue weighted by Crippen LogP contribution is -2.25. The zero-order valence-corrected chi connectivity index (χ0v) is 13.4. The second-order valence-electron chi connectivity index (χ2n) is 4.34. The van der Waals surface area contributed by atoms with E-state index in [2.05, 4.69) is 32.8 Å². The van der Waals surface area contributed by atoms with Crippen molar-refractivity contribution < 1.29 is 9.21 Å². The maximum atomic E-state index is 12.3. The van der Waals surface area contributed by atoms with E-state index in [1.54, 1.807) is 18.3 Å². The minimum absolute atomic E-state index is 0.158. The van der Waals surface area contributed by atoms with Gasteiger partial charge in [-0.05, 0) is 15.9 Å². The van der Waals surface area contributed by atoms with Crippen LogP contribution >= 0.6 is 27.3 Å². The van der Waals surface area contributed by atoms with Crippen molar-refractivity contribution in [2.45, 2.75) is 13.1 Å². The van der Waals surface area contributed by atoms with E-state index in [1.165, 1.54) is 11.3 Å². The Labute approximate surface area is 133 Å². The molecule has 108 valence electrons. The molecule has 3 aromatic rings. The average molecular weight is 366 g/mol. The van der Waals surface area contributed by atoms with Crippen LogP contribution in [-0.4, -0.2) is 15.5 Å². The van der Waals surface area contributed by atoms with Gasteiger partial charge < -0.3 is 14.3 Å². The summed E-state index contributed by atoms with van der Waals surface area (Å²) in [7, 11) is 0. The SMILES string of the molecule is C=CCn1c(C(=O)NCc2nccs2)cc2oc(Br)cc21. The van der Waals surface area contributed by atoms with Crippen LogP contribution in [0.1, 0.15) is 15.5 Å². The summed E-state index contributed by atoms with van der Waals surface area (Å²) in [6, 6.07) is 3.58. The van der Waals surface area contributed by atoms with Gasteiger partial charge in [0, 0.05) is 30.3 Å². The van der Waals surface area contributed by atoms with Gasteiger partial charge in [-0.3, -0.25) is 4.79 Å². The molecule has 0 aliphatic carbocycles. The third-order valence-electron chi connectivity index (χ3n) is 2.99. The molecule has 0 bridgehead atoms. The van der Waals surface area contributed by atoms with Crippen LogP contribution < -0.4 is 5.32 Å². The molecule has 3 aromatic heterocycles. The number of carbonyl (C=O) groups excluding carboxylic acids is 1. The third-order valence-corrected chi connectivity index (χ3v) is 4.16. The van der Waals surface area contributed by atoms with Crippen LogP contribution in [0.3, 0.4) is 0 Å². The molecule has 0 radical (unpaired) electrons. The van der Waals surface area contributed by atoms with Crippen molar-refractivity contribution in [3.63, 3.8) is 0 Å². The average Bonchev–Trinajstić information content (AvgIpc) is 3.14. The van der Waals surface area contributed by atoms with Crippen molar-refractivity contribution in [2.24, 2.45) is 0 Å². The first-order valence-electron chi connectivity index (χ1n) is 6.25. The molecule has 0 spiro atoms. The van der Waals surface area contributed by atoms with Crippen LogP contribution in [0.15, 0.2) is 45.5 Å². The van der Waals surface area contributed by atoms with E-state index in [0.29, 0.717) is 29.0 Å². The molecule has 0 atom stereocenters. The zero-order chi connectivity index (χ0) is 14.8. The van der Waals surface area contributed by atoms with Crippen LogP contribution in [0.25, 0.3) is 11.1 Å². The lowest BCUT2D eigenvalue weighted by Gasteiger charge is -2.07. The van der Waals surface area contributed by atoms with Crippen molar-refractivity contribution in [3.05, 3.63) is 51.7 Å². The van der Waals surface area contributed by atoms with Crippen molar-refractivity contribution >= 4 is 44.3 Å². The minimum Gasteiger partial charge on any atom is -0.448 e. The number of nitrogens with one attached hydrogen (secondary N) is 1. The Kier molecular flexibility index (Phi) is 3.94. The molecule has 3 heterocycles. The van der Waals surface area contributed by atoms with Crippen LogP contribution in [-0.2, 0) is 13.1 Å². The van der Waals surface area contributed by atoms with Crippen molar-refractivity contribution in [2.75, 3.05) is 0 Å². The predicted octanol–water partition coefficient (Wildman–Crippen LogP) is 3.57. The fourth-order valence-corrected chi connectivity index (χ4v) is 3.06. The Hall–Kier alpha value is -1.86. The van der Waals surface area contributed by atoms with Gasteiger partial charge in [0.2, 0.25) is 0 Å². The molecule has 0 aliphatic heterocycles. The monoisotopic (exact) mass is 365 g/mol. The van der Waals surface area contributed by atoms with Gasteiger partial charge in [0.15, 0.2) is 10.3 Å². The van der Waals surface area contributed by atoms with Gasteiger partial charge in [-0.2, -0.15) is 0 Å². The highest BCUT2D eigenvalue weighted by Gasteiger charge is 2.18. The molecule has 1 N–H and O–H groups in total. The summed E-state index contributed by atoms with van der Waals surface area (Å²) in [6.07, 6.45) is 3.47. The second-order valence-corrected chi connectivity index (χ2v) is 6.10. The fourth-order valence-electron chi connectivity index (χ4n) is 2.11. The topological polar surface area (TPSA) is 60.1 Å². The summed E-state index contributed by atoms with van der Waals surface area (Å²) in [4.78, 5) is 16.5. The lowest BCUT2D eigenvalue weighted by atomic mass is 10.4. The first-order valence-corrected chi connectivity index (χ1v) is 7.92. The highest BCUT2D eigenvalue weighted by molar-refractivity contribution is 9.10. The van der Waals surface area contributed by atoms with Crippen molar-refractivity contribution in [3.8, 4) is 0 Å². The number of furan rings is 1. The number of amides is 1. The number of fused-ring (bicyclic) bond motifs is 1. The number of allylic oxidation sites excluding steroid dienone is 1. The van der Waals surface area contributed by atoms with Gasteiger partial charge in [0.25, 0.3) is 5.91 Å². The minimum atomic E-state index is -0.158. The molecule has 0 saturated heterocycles. The van der Waals surface area contributed by atoms with Crippen molar-refractivity contribution in [1.82, 2.24) is 14.9 Å². The van der Waals surface area contributed by atoms with Crippen molar-refractivity contribution in [1.29, 1.82) is 0 Å². The van der Waals surface area contributed by atoms with Gasteiger partial charge in [-0.1, -0.05) is 6.08 Å². The Morgan fingerprint density at radius 2 is 2.43 bits per heavy atom. The number of hydrogen-bond acceptors (Lipinski definition) is 4. The fraction of sp³-hybridized carbons (Fsp3) is 0.143. The molecule has 7 heteroatoms. The van der Waals surface area contributed by atoms with Gasteiger partial charge in [-0.15, -0.1) is 17.9 Å². The molecule has 1 amide bonds. The smallest absolute Gasteiger partial charge is 0.268 e. The van der Waals surface area contributed by atoms with E-state index < -0.39 is 0 Å². The first kappa shape index (κ1) is 14.1. The highest BCUT2D eigenvalue weighted by atomic mass is 79.9. The van der Waals surface area contributed by atoms with Crippen LogP contribution in [0.4, 0.5) is 0 Å². The summed E-state index contributed by atoms with van der Waals surface area (Å²) in [5.41, 5.74) is 2.08. The number of carbonyl (C=O) groups is 1. The summed E-state index contributed by atoms with van der Waals surface area (Å²) < 4.78 is 8.02. The summed E-state index contributed by atoms with van der Waals surface area (Å²) in [5.74, 6) is -0.158.